The maximum Gasteiger partial charge on any atom is 0.263 e. The van der Waals surface area contributed by atoms with Crippen LogP contribution in [0.4, 0.5) is 0 Å². The summed E-state index contributed by atoms with van der Waals surface area (Å²) in [6.45, 7) is 3.44. The largest absolute Gasteiger partial charge is 1.00 e. The second-order valence-corrected chi connectivity index (χ2v) is 9.38. The molecule has 1 rings (SSSR count). The lowest BCUT2D eigenvalue weighted by Crippen LogP contribution is -3.00. The molecule has 0 radical (unpaired) electrons. The van der Waals surface area contributed by atoms with E-state index in [4.69, 9.17) is 4.42 Å². The van der Waals surface area contributed by atoms with E-state index < -0.39 is 0 Å². The third-order valence-corrected chi connectivity index (χ3v) is 5.53. The highest BCUT2D eigenvalue weighted by atomic mass is 127. The van der Waals surface area contributed by atoms with Crippen LogP contribution in [-0.2, 0) is 6.42 Å². The van der Waals surface area contributed by atoms with E-state index >= 15 is 0 Å². The Kier molecular flexibility index (Phi) is 15.8. The van der Waals surface area contributed by atoms with Crippen LogP contribution in [-0.4, -0.2) is 54.4 Å². The minimum Gasteiger partial charge on any atom is -1.00 e. The molecule has 6 heteroatoms. The van der Waals surface area contributed by atoms with Gasteiger partial charge in [-0.25, -0.2) is 4.98 Å². The Morgan fingerprint density at radius 1 is 1.04 bits per heavy atom. The van der Waals surface area contributed by atoms with Gasteiger partial charge in [0.1, 0.15) is 5.76 Å². The normalized spacial score (nSPS) is 11.4. The topological polar surface area (TPSA) is 43.1 Å². The average Bonchev–Trinajstić information content (AvgIpc) is 3.05. The van der Waals surface area contributed by atoms with E-state index in [1.807, 2.05) is 11.8 Å². The Morgan fingerprint density at radius 2 is 1.74 bits per heavy atom. The monoisotopic (exact) mass is 510 g/mol. The molecule has 1 aromatic heterocycles. The van der Waals surface area contributed by atoms with E-state index in [1.54, 1.807) is 6.20 Å². The molecule has 0 amide bonds. The molecule has 0 saturated heterocycles. The predicted octanol–water partition coefficient (Wildman–Crippen LogP) is 2.37. The van der Waals surface area contributed by atoms with Gasteiger partial charge in [0.2, 0.25) is 5.78 Å². The summed E-state index contributed by atoms with van der Waals surface area (Å²) >= 11 is 2.04. The van der Waals surface area contributed by atoms with Crippen molar-refractivity contribution in [2.75, 3.05) is 39.2 Å². The van der Waals surface area contributed by atoms with Crippen molar-refractivity contribution in [1.82, 2.24) is 4.98 Å². The van der Waals surface area contributed by atoms with Crippen molar-refractivity contribution in [3.8, 4) is 0 Å². The molecule has 0 aromatic carbocycles. The zero-order valence-corrected chi connectivity index (χ0v) is 20.7. The number of aromatic nitrogens is 1. The number of quaternary nitrogens is 1. The molecule has 0 saturated carbocycles. The summed E-state index contributed by atoms with van der Waals surface area (Å²) in [5, 5.41) is 0. The van der Waals surface area contributed by atoms with Crippen molar-refractivity contribution in [2.45, 2.75) is 71.1 Å². The van der Waals surface area contributed by atoms with Crippen LogP contribution >= 0.6 is 11.8 Å². The molecule has 0 bridgehead atoms. The van der Waals surface area contributed by atoms with Crippen LogP contribution in [0.1, 0.15) is 81.2 Å². The van der Waals surface area contributed by atoms with Gasteiger partial charge in [0.25, 0.3) is 5.89 Å². The average molecular weight is 511 g/mol. The molecule has 0 aliphatic rings. The van der Waals surface area contributed by atoms with Gasteiger partial charge in [0.05, 0.1) is 33.9 Å². The van der Waals surface area contributed by atoms with Gasteiger partial charge in [0.15, 0.2) is 0 Å². The molecule has 0 aliphatic heterocycles. The molecule has 0 fully saturated rings. The summed E-state index contributed by atoms with van der Waals surface area (Å²) < 4.78 is 6.68. The number of carbonyl (C=O) groups excluding carboxylic acids is 1. The Morgan fingerprint density at radius 3 is 2.44 bits per heavy atom. The number of Topliss-reactive ketones (excluding diaryl/α,β-unsaturated/α-hetero) is 1. The SMILES string of the molecule is CCCCCCCC(=O)c1ncc(CCCCSCCC[N+](C)(C)C)o1.[I-]. The van der Waals surface area contributed by atoms with Gasteiger partial charge in [-0.1, -0.05) is 32.6 Å². The maximum absolute atomic E-state index is 12.1. The molecule has 0 atom stereocenters. The van der Waals surface area contributed by atoms with Gasteiger partial charge < -0.3 is 32.9 Å². The zero-order valence-electron chi connectivity index (χ0n) is 17.8. The van der Waals surface area contributed by atoms with E-state index in [0.717, 1.165) is 35.9 Å². The number of rotatable bonds is 16. The molecule has 0 unspecified atom stereocenters. The molecule has 0 spiro atoms. The Balaban J connectivity index is 0.00000676. The second kappa shape index (κ2) is 15.8. The summed E-state index contributed by atoms with van der Waals surface area (Å²) in [6.07, 6.45) is 12.5. The van der Waals surface area contributed by atoms with Gasteiger partial charge in [-0.2, -0.15) is 11.8 Å². The fourth-order valence-electron chi connectivity index (χ4n) is 2.79. The van der Waals surface area contributed by atoms with Gasteiger partial charge in [-0.05, 0) is 30.8 Å². The fraction of sp³-hybridized carbons (Fsp3) is 0.810. The molecule has 1 heterocycles. The first-order valence-corrected chi connectivity index (χ1v) is 11.4. The van der Waals surface area contributed by atoms with Crippen molar-refractivity contribution in [2.24, 2.45) is 0 Å². The Hall–Kier alpha value is -0.0800. The number of hydrogen-bond acceptors (Lipinski definition) is 4. The third kappa shape index (κ3) is 14.6. The number of aryl methyl sites for hydroxylation is 1. The van der Waals surface area contributed by atoms with Crippen LogP contribution in [0, 0.1) is 0 Å². The number of nitrogens with zero attached hydrogens (tertiary/aromatic N) is 2. The lowest BCUT2D eigenvalue weighted by Gasteiger charge is -2.23. The van der Waals surface area contributed by atoms with Crippen molar-refractivity contribution in [3.05, 3.63) is 17.8 Å². The fourth-order valence-corrected chi connectivity index (χ4v) is 3.74. The molecule has 0 aliphatic carbocycles. The van der Waals surface area contributed by atoms with Gasteiger partial charge in [-0.3, -0.25) is 4.79 Å². The van der Waals surface area contributed by atoms with Crippen LogP contribution in [0.15, 0.2) is 10.6 Å². The lowest BCUT2D eigenvalue weighted by molar-refractivity contribution is -0.870. The van der Waals surface area contributed by atoms with Crippen molar-refractivity contribution >= 4 is 17.5 Å². The van der Waals surface area contributed by atoms with Crippen molar-refractivity contribution < 1.29 is 37.7 Å². The predicted molar refractivity (Wildman–Crippen MR) is 112 cm³/mol. The molecular weight excluding hydrogens is 471 g/mol. The van der Waals surface area contributed by atoms with Crippen LogP contribution in [0.5, 0.6) is 0 Å². The molecule has 27 heavy (non-hydrogen) atoms. The molecule has 4 nitrogen and oxygen atoms in total. The number of halogens is 1. The Labute approximate surface area is 187 Å². The van der Waals surface area contributed by atoms with E-state index in [0.29, 0.717) is 12.3 Å². The van der Waals surface area contributed by atoms with Crippen LogP contribution < -0.4 is 24.0 Å². The standard InChI is InChI=1S/C21H39N2O2S.HI/c1-5-6-7-8-9-14-20(24)21-22-18-19(25-21)13-10-11-16-26-17-12-15-23(2,3)4;/h18H,5-17H2,1-4H3;1H/q+1;/p-1. The summed E-state index contributed by atoms with van der Waals surface area (Å²) in [6, 6.07) is 0. The number of carbonyl (C=O) groups is 1. The highest BCUT2D eigenvalue weighted by molar-refractivity contribution is 7.99. The second-order valence-electron chi connectivity index (χ2n) is 8.16. The van der Waals surface area contributed by atoms with E-state index in [1.165, 1.54) is 50.2 Å². The van der Waals surface area contributed by atoms with Crippen molar-refractivity contribution in [1.29, 1.82) is 0 Å². The minimum absolute atomic E-state index is 0. The van der Waals surface area contributed by atoms with E-state index in [-0.39, 0.29) is 29.8 Å². The van der Waals surface area contributed by atoms with Crippen molar-refractivity contribution in [3.63, 3.8) is 0 Å². The molecular formula is C21H39IN2O2S. The number of oxazole rings is 1. The highest BCUT2D eigenvalue weighted by Crippen LogP contribution is 2.14. The summed E-state index contributed by atoms with van der Waals surface area (Å²) in [5.41, 5.74) is 0. The molecule has 0 N–H and O–H groups in total. The highest BCUT2D eigenvalue weighted by Gasteiger charge is 2.12. The number of unbranched alkanes of at least 4 members (excludes halogenated alkanes) is 5. The first-order valence-electron chi connectivity index (χ1n) is 10.3. The summed E-state index contributed by atoms with van der Waals surface area (Å²) in [5.74, 6) is 3.67. The minimum atomic E-state index is 0. The van der Waals surface area contributed by atoms with Crippen LogP contribution in [0.25, 0.3) is 0 Å². The number of thioether (sulfide) groups is 1. The number of ketones is 1. The van der Waals surface area contributed by atoms with Gasteiger partial charge in [-0.15, -0.1) is 0 Å². The summed E-state index contributed by atoms with van der Waals surface area (Å²) in [7, 11) is 6.73. The maximum atomic E-state index is 12.1. The van der Waals surface area contributed by atoms with Crippen LogP contribution in [0.3, 0.4) is 0 Å². The quantitative estimate of drug-likeness (QED) is 0.148. The molecule has 1 aromatic rings. The van der Waals surface area contributed by atoms with Gasteiger partial charge >= 0.3 is 0 Å². The first-order chi connectivity index (χ1) is 12.4. The smallest absolute Gasteiger partial charge is 0.263 e. The van der Waals surface area contributed by atoms with E-state index in [2.05, 4.69) is 33.1 Å². The number of hydrogen-bond donors (Lipinski definition) is 0. The molecule has 158 valence electrons. The van der Waals surface area contributed by atoms with Gasteiger partial charge in [0, 0.05) is 19.3 Å². The first kappa shape index (κ1) is 26.9. The Bertz CT molecular complexity index is 501. The zero-order chi connectivity index (χ0) is 19.3. The summed E-state index contributed by atoms with van der Waals surface area (Å²) in [4.78, 5) is 16.2. The third-order valence-electron chi connectivity index (χ3n) is 4.38. The van der Waals surface area contributed by atoms with Crippen LogP contribution in [0.2, 0.25) is 0 Å². The van der Waals surface area contributed by atoms with E-state index in [9.17, 15) is 4.79 Å². The lowest BCUT2D eigenvalue weighted by atomic mass is 10.1.